The second-order valence-electron chi connectivity index (χ2n) is 2.38. The molecule has 3 nitrogen and oxygen atoms in total. The lowest BCUT2D eigenvalue weighted by Crippen LogP contribution is -2.01. The van der Waals surface area contributed by atoms with Crippen LogP contribution >= 0.6 is 0 Å². The van der Waals surface area contributed by atoms with E-state index in [-0.39, 0.29) is 12.0 Å². The molecule has 0 fully saturated rings. The summed E-state index contributed by atoms with van der Waals surface area (Å²) in [5, 5.41) is 8.48. The molecule has 3 heteroatoms. The van der Waals surface area contributed by atoms with Crippen LogP contribution in [0.1, 0.15) is 12.0 Å². The Labute approximate surface area is 70.4 Å². The van der Waals surface area contributed by atoms with Gasteiger partial charge in [-0.25, -0.2) is 0 Å². The van der Waals surface area contributed by atoms with Gasteiger partial charge in [0.15, 0.2) is 5.43 Å². The highest BCUT2D eigenvalue weighted by Crippen LogP contribution is 1.93. The summed E-state index contributed by atoms with van der Waals surface area (Å²) in [4.78, 5) is 13.9. The maximum atomic E-state index is 11.1. The van der Waals surface area contributed by atoms with Crippen molar-refractivity contribution in [1.29, 1.82) is 0 Å². The summed E-state index contributed by atoms with van der Waals surface area (Å²) in [5.74, 6) is 0. The Morgan fingerprint density at radius 2 is 2.42 bits per heavy atom. The first-order chi connectivity index (χ1) is 5.84. The molecule has 0 aromatic carbocycles. The van der Waals surface area contributed by atoms with Crippen LogP contribution in [0.2, 0.25) is 0 Å². The molecular weight excluding hydrogens is 154 g/mol. The van der Waals surface area contributed by atoms with Crippen molar-refractivity contribution in [2.45, 2.75) is 6.42 Å². The Balaban J connectivity index is 2.76. The van der Waals surface area contributed by atoms with Crippen LogP contribution in [0.3, 0.4) is 0 Å². The molecule has 1 aromatic heterocycles. The Hall–Kier alpha value is -1.35. The van der Waals surface area contributed by atoms with E-state index in [4.69, 9.17) is 5.11 Å². The fourth-order valence-corrected chi connectivity index (χ4v) is 0.844. The lowest BCUT2D eigenvalue weighted by Gasteiger charge is -1.89. The number of rotatable bonds is 3. The van der Waals surface area contributed by atoms with Crippen molar-refractivity contribution in [3.05, 3.63) is 40.3 Å². The zero-order chi connectivity index (χ0) is 8.81. The minimum absolute atomic E-state index is 0.0112. The minimum atomic E-state index is -0.0112. The van der Waals surface area contributed by atoms with Gasteiger partial charge in [0.25, 0.3) is 0 Å². The molecule has 0 aliphatic carbocycles. The molecule has 0 aliphatic heterocycles. The fourth-order valence-electron chi connectivity index (χ4n) is 0.844. The van der Waals surface area contributed by atoms with Crippen LogP contribution in [0.5, 0.6) is 0 Å². The highest BCUT2D eigenvalue weighted by Gasteiger charge is 1.89. The van der Waals surface area contributed by atoms with Gasteiger partial charge in [-0.15, -0.1) is 0 Å². The molecule has 64 valence electrons. The Bertz CT molecular complexity index is 314. The number of aromatic nitrogens is 1. The summed E-state index contributed by atoms with van der Waals surface area (Å²) in [6.07, 6.45) is 7.27. The standard InChI is InChI=1S/C9H11NO2/c11-6-2-1-3-8-7-10-5-4-9(8)12/h1,3-5,7,11H,2,6H2,(H,10,12). The van der Waals surface area contributed by atoms with Gasteiger partial charge in [-0.05, 0) is 6.42 Å². The number of hydrogen-bond acceptors (Lipinski definition) is 2. The van der Waals surface area contributed by atoms with Crippen LogP contribution in [0.15, 0.2) is 29.3 Å². The van der Waals surface area contributed by atoms with Crippen molar-refractivity contribution >= 4 is 6.08 Å². The molecule has 2 N–H and O–H groups in total. The van der Waals surface area contributed by atoms with Crippen molar-refractivity contribution in [2.75, 3.05) is 6.61 Å². The molecule has 0 spiro atoms. The number of hydrogen-bond donors (Lipinski definition) is 2. The topological polar surface area (TPSA) is 53.1 Å². The zero-order valence-electron chi connectivity index (χ0n) is 6.66. The molecule has 0 saturated carbocycles. The number of pyridine rings is 1. The minimum Gasteiger partial charge on any atom is -0.396 e. The summed E-state index contributed by atoms with van der Waals surface area (Å²) in [6, 6.07) is 1.47. The lowest BCUT2D eigenvalue weighted by molar-refractivity contribution is 0.303. The summed E-state index contributed by atoms with van der Waals surface area (Å²) in [7, 11) is 0. The van der Waals surface area contributed by atoms with Crippen molar-refractivity contribution < 1.29 is 5.11 Å². The summed E-state index contributed by atoms with van der Waals surface area (Å²) < 4.78 is 0. The van der Waals surface area contributed by atoms with E-state index in [1.165, 1.54) is 6.07 Å². The van der Waals surface area contributed by atoms with Gasteiger partial charge in [-0.1, -0.05) is 12.2 Å². The molecule has 0 bridgehead atoms. The van der Waals surface area contributed by atoms with E-state index in [2.05, 4.69) is 4.98 Å². The first-order valence-electron chi connectivity index (χ1n) is 3.79. The first-order valence-corrected chi connectivity index (χ1v) is 3.79. The van der Waals surface area contributed by atoms with Gasteiger partial charge >= 0.3 is 0 Å². The SMILES string of the molecule is O=c1cc[nH]cc1C=CCCO. The van der Waals surface area contributed by atoms with E-state index in [9.17, 15) is 4.79 Å². The monoisotopic (exact) mass is 165 g/mol. The van der Waals surface area contributed by atoms with E-state index in [0.29, 0.717) is 12.0 Å². The first kappa shape index (κ1) is 8.74. The van der Waals surface area contributed by atoms with Crippen molar-refractivity contribution in [3.63, 3.8) is 0 Å². The molecule has 0 saturated heterocycles. The molecule has 1 rings (SSSR count). The van der Waals surface area contributed by atoms with Crippen LogP contribution in [0, 0.1) is 0 Å². The molecule has 12 heavy (non-hydrogen) atoms. The smallest absolute Gasteiger partial charge is 0.188 e. The average Bonchev–Trinajstić information content (AvgIpc) is 2.09. The Morgan fingerprint density at radius 3 is 3.08 bits per heavy atom. The van der Waals surface area contributed by atoms with Gasteiger partial charge in [0.1, 0.15) is 0 Å². The van der Waals surface area contributed by atoms with Crippen LogP contribution in [-0.4, -0.2) is 16.7 Å². The van der Waals surface area contributed by atoms with Gasteiger partial charge in [0.2, 0.25) is 0 Å². The Morgan fingerprint density at radius 1 is 1.58 bits per heavy atom. The normalized spacial score (nSPS) is 10.8. The maximum absolute atomic E-state index is 11.1. The molecule has 0 atom stereocenters. The van der Waals surface area contributed by atoms with E-state index in [1.54, 1.807) is 24.5 Å². The summed E-state index contributed by atoms with van der Waals surface area (Å²) >= 11 is 0. The van der Waals surface area contributed by atoms with Crippen molar-refractivity contribution in [3.8, 4) is 0 Å². The molecule has 1 heterocycles. The van der Waals surface area contributed by atoms with Gasteiger partial charge < -0.3 is 10.1 Å². The van der Waals surface area contributed by atoms with Crippen LogP contribution in [0.25, 0.3) is 6.08 Å². The number of H-pyrrole nitrogens is 1. The van der Waals surface area contributed by atoms with Crippen LogP contribution in [-0.2, 0) is 0 Å². The highest BCUT2D eigenvalue weighted by molar-refractivity contribution is 5.47. The maximum Gasteiger partial charge on any atom is 0.188 e. The number of aromatic amines is 1. The van der Waals surface area contributed by atoms with Crippen LogP contribution in [0.4, 0.5) is 0 Å². The molecule has 0 aliphatic rings. The van der Waals surface area contributed by atoms with E-state index < -0.39 is 0 Å². The Kier molecular flexibility index (Phi) is 3.29. The third kappa shape index (κ3) is 2.36. The second kappa shape index (κ2) is 4.51. The van der Waals surface area contributed by atoms with E-state index >= 15 is 0 Å². The molecular formula is C9H11NO2. The van der Waals surface area contributed by atoms with Gasteiger partial charge in [0.05, 0.1) is 0 Å². The van der Waals surface area contributed by atoms with E-state index in [0.717, 1.165) is 0 Å². The summed E-state index contributed by atoms with van der Waals surface area (Å²) in [6.45, 7) is 0.112. The predicted octanol–water partition coefficient (Wildman–Crippen LogP) is 0.770. The highest BCUT2D eigenvalue weighted by atomic mass is 16.2. The predicted molar refractivity (Wildman–Crippen MR) is 47.8 cm³/mol. The largest absolute Gasteiger partial charge is 0.396 e. The molecule has 0 amide bonds. The van der Waals surface area contributed by atoms with Gasteiger partial charge in [-0.3, -0.25) is 4.79 Å². The second-order valence-corrected chi connectivity index (χ2v) is 2.38. The van der Waals surface area contributed by atoms with Crippen LogP contribution < -0.4 is 5.43 Å². The quantitative estimate of drug-likeness (QED) is 0.695. The number of aliphatic hydroxyl groups is 1. The van der Waals surface area contributed by atoms with Crippen molar-refractivity contribution in [1.82, 2.24) is 4.98 Å². The fraction of sp³-hybridized carbons (Fsp3) is 0.222. The lowest BCUT2D eigenvalue weighted by atomic mass is 10.2. The van der Waals surface area contributed by atoms with Crippen molar-refractivity contribution in [2.24, 2.45) is 0 Å². The van der Waals surface area contributed by atoms with Gasteiger partial charge in [0, 0.05) is 30.6 Å². The average molecular weight is 165 g/mol. The third-order valence-electron chi connectivity index (χ3n) is 1.45. The number of aliphatic hydroxyl groups excluding tert-OH is 1. The third-order valence-corrected chi connectivity index (χ3v) is 1.45. The van der Waals surface area contributed by atoms with Gasteiger partial charge in [-0.2, -0.15) is 0 Å². The van der Waals surface area contributed by atoms with E-state index in [1.807, 2.05) is 0 Å². The molecule has 0 radical (unpaired) electrons. The zero-order valence-corrected chi connectivity index (χ0v) is 6.66. The number of nitrogens with one attached hydrogen (secondary N) is 1. The summed E-state index contributed by atoms with van der Waals surface area (Å²) in [5.41, 5.74) is 0.605. The molecule has 0 unspecified atom stereocenters. The molecule has 1 aromatic rings.